The zero-order chi connectivity index (χ0) is 19.6. The van der Waals surface area contributed by atoms with Gasteiger partial charge in [-0.25, -0.2) is 0 Å². The van der Waals surface area contributed by atoms with Gasteiger partial charge in [0.15, 0.2) is 5.41 Å². The van der Waals surface area contributed by atoms with Gasteiger partial charge in [0.25, 0.3) is 0 Å². The molecular formula is C22H28O5. The molecule has 0 radical (unpaired) electrons. The molecule has 2 aliphatic carbocycles. The molecule has 0 amide bonds. The number of fused-ring (bicyclic) bond motifs is 1. The predicted octanol–water partition coefficient (Wildman–Crippen LogP) is 4.01. The number of allylic oxidation sites excluding steroid dienone is 2. The molecular weight excluding hydrogens is 344 g/mol. The van der Waals surface area contributed by atoms with Gasteiger partial charge in [-0.3, -0.25) is 9.59 Å². The lowest BCUT2D eigenvalue weighted by Gasteiger charge is -2.31. The van der Waals surface area contributed by atoms with Crippen LogP contribution in [-0.2, 0) is 19.1 Å². The van der Waals surface area contributed by atoms with Crippen LogP contribution in [0.2, 0.25) is 0 Å². The summed E-state index contributed by atoms with van der Waals surface area (Å²) in [6.07, 6.45) is 3.11. The van der Waals surface area contributed by atoms with Gasteiger partial charge < -0.3 is 14.2 Å². The highest BCUT2D eigenvalue weighted by atomic mass is 16.6. The number of benzene rings is 1. The van der Waals surface area contributed by atoms with E-state index in [0.717, 1.165) is 16.9 Å². The van der Waals surface area contributed by atoms with E-state index in [1.54, 1.807) is 13.8 Å². The van der Waals surface area contributed by atoms with Crippen LogP contribution in [-0.4, -0.2) is 31.3 Å². The smallest absolute Gasteiger partial charge is 0.323 e. The van der Waals surface area contributed by atoms with Crippen LogP contribution in [0.1, 0.15) is 46.1 Å². The normalized spacial score (nSPS) is 22.5. The van der Waals surface area contributed by atoms with Crippen LogP contribution in [0.5, 0.6) is 5.75 Å². The van der Waals surface area contributed by atoms with Crippen LogP contribution in [0.4, 0.5) is 0 Å². The van der Waals surface area contributed by atoms with Crippen LogP contribution >= 0.6 is 0 Å². The van der Waals surface area contributed by atoms with E-state index in [4.69, 9.17) is 14.2 Å². The summed E-state index contributed by atoms with van der Waals surface area (Å²) >= 11 is 0. The molecule has 1 aromatic rings. The van der Waals surface area contributed by atoms with E-state index >= 15 is 0 Å². The highest BCUT2D eigenvalue weighted by Gasteiger charge is 2.60. The molecule has 0 aliphatic heterocycles. The van der Waals surface area contributed by atoms with E-state index in [-0.39, 0.29) is 31.2 Å². The van der Waals surface area contributed by atoms with Crippen molar-refractivity contribution in [3.63, 3.8) is 0 Å². The molecule has 1 aromatic carbocycles. The summed E-state index contributed by atoms with van der Waals surface area (Å²) in [7, 11) is 0. The van der Waals surface area contributed by atoms with E-state index in [1.165, 1.54) is 0 Å². The van der Waals surface area contributed by atoms with E-state index in [9.17, 15) is 9.59 Å². The summed E-state index contributed by atoms with van der Waals surface area (Å²) in [6.45, 7) is 8.00. The second-order valence-corrected chi connectivity index (χ2v) is 7.49. The van der Waals surface area contributed by atoms with Crippen molar-refractivity contribution in [3.8, 4) is 5.75 Å². The highest BCUT2D eigenvalue weighted by Crippen LogP contribution is 2.59. The van der Waals surface area contributed by atoms with E-state index in [1.807, 2.05) is 38.1 Å². The molecule has 0 bridgehead atoms. The van der Waals surface area contributed by atoms with Crippen LogP contribution in [0.3, 0.4) is 0 Å². The maximum atomic E-state index is 12.7. The summed E-state index contributed by atoms with van der Waals surface area (Å²) in [5, 5.41) is 0. The molecule has 0 saturated heterocycles. The van der Waals surface area contributed by atoms with Gasteiger partial charge in [0.2, 0.25) is 0 Å². The molecule has 3 rings (SSSR count). The molecule has 0 unspecified atom stereocenters. The zero-order valence-electron chi connectivity index (χ0n) is 16.5. The lowest BCUT2D eigenvalue weighted by atomic mass is 9.74. The highest BCUT2D eigenvalue weighted by molar-refractivity contribution is 6.01. The van der Waals surface area contributed by atoms with E-state index < -0.39 is 17.4 Å². The molecule has 0 spiro atoms. The second kappa shape index (κ2) is 7.75. The first-order valence-corrected chi connectivity index (χ1v) is 9.75. The van der Waals surface area contributed by atoms with Gasteiger partial charge in [0.1, 0.15) is 5.75 Å². The Morgan fingerprint density at radius 3 is 2.30 bits per heavy atom. The van der Waals surface area contributed by atoms with Crippen molar-refractivity contribution in [3.05, 3.63) is 35.9 Å². The summed E-state index contributed by atoms with van der Waals surface area (Å²) in [6, 6.07) is 7.93. The summed E-state index contributed by atoms with van der Waals surface area (Å²) in [5.41, 5.74) is 0.982. The summed E-state index contributed by atoms with van der Waals surface area (Å²) in [4.78, 5) is 25.4. The Balaban J connectivity index is 1.87. The third-order valence-electron chi connectivity index (χ3n) is 5.36. The van der Waals surface area contributed by atoms with Crippen LogP contribution < -0.4 is 4.74 Å². The number of hydrogen-bond acceptors (Lipinski definition) is 5. The van der Waals surface area contributed by atoms with Crippen molar-refractivity contribution in [1.82, 2.24) is 0 Å². The third kappa shape index (κ3) is 3.47. The Morgan fingerprint density at radius 1 is 1.07 bits per heavy atom. The SMILES string of the molecule is CCOC(=O)C1(C(=O)OCC)C[C@@H]2C=C(c3ccccc3OC(C)C)[C@@H]2C1. The fourth-order valence-corrected chi connectivity index (χ4v) is 4.21. The number of carbonyl (C=O) groups excluding carboxylic acids is 2. The average molecular weight is 372 g/mol. The van der Waals surface area contributed by atoms with Crippen molar-refractivity contribution in [1.29, 1.82) is 0 Å². The molecule has 0 N–H and O–H groups in total. The standard InChI is InChI=1S/C22H28O5/c1-5-25-20(23)22(21(24)26-6-2)12-15-11-17(18(15)13-22)16-9-7-8-10-19(16)27-14(3)4/h7-11,14-15,18H,5-6,12-13H2,1-4H3/t15-,18+/m0/s1. The molecule has 1 saturated carbocycles. The topological polar surface area (TPSA) is 61.8 Å². The molecule has 0 aromatic heterocycles. The summed E-state index contributed by atoms with van der Waals surface area (Å²) < 4.78 is 16.5. The Kier molecular flexibility index (Phi) is 5.59. The van der Waals surface area contributed by atoms with E-state index in [0.29, 0.717) is 12.8 Å². The van der Waals surface area contributed by atoms with Gasteiger partial charge in [-0.2, -0.15) is 0 Å². The first-order valence-electron chi connectivity index (χ1n) is 9.75. The molecule has 27 heavy (non-hydrogen) atoms. The number of esters is 2. The van der Waals surface area contributed by atoms with Crippen LogP contribution in [0.15, 0.2) is 30.3 Å². The van der Waals surface area contributed by atoms with Crippen molar-refractivity contribution >= 4 is 17.5 Å². The number of hydrogen-bond donors (Lipinski definition) is 0. The van der Waals surface area contributed by atoms with Gasteiger partial charge in [0.05, 0.1) is 19.3 Å². The van der Waals surface area contributed by atoms with Crippen LogP contribution in [0.25, 0.3) is 5.57 Å². The first-order chi connectivity index (χ1) is 12.9. The van der Waals surface area contributed by atoms with Gasteiger partial charge in [0, 0.05) is 5.56 Å². The monoisotopic (exact) mass is 372 g/mol. The zero-order valence-corrected chi connectivity index (χ0v) is 16.5. The Labute approximate surface area is 160 Å². The van der Waals surface area contributed by atoms with Crippen molar-refractivity contribution < 1.29 is 23.8 Å². The number of para-hydroxylation sites is 1. The first kappa shape index (κ1) is 19.5. The Hall–Kier alpha value is -2.30. The van der Waals surface area contributed by atoms with Crippen molar-refractivity contribution in [2.75, 3.05) is 13.2 Å². The molecule has 1 fully saturated rings. The predicted molar refractivity (Wildman–Crippen MR) is 102 cm³/mol. The minimum atomic E-state index is -1.20. The quantitative estimate of drug-likeness (QED) is 0.535. The molecule has 2 atom stereocenters. The number of carbonyl (C=O) groups is 2. The lowest BCUT2D eigenvalue weighted by molar-refractivity contribution is -0.171. The van der Waals surface area contributed by atoms with Gasteiger partial charge in [-0.05, 0) is 64.0 Å². The Morgan fingerprint density at radius 2 is 1.70 bits per heavy atom. The summed E-state index contributed by atoms with van der Waals surface area (Å²) in [5.74, 6) is 0.230. The molecule has 0 heterocycles. The third-order valence-corrected chi connectivity index (χ3v) is 5.36. The molecule has 5 heteroatoms. The number of ether oxygens (including phenoxy) is 3. The fourth-order valence-electron chi connectivity index (χ4n) is 4.21. The lowest BCUT2D eigenvalue weighted by Crippen LogP contribution is -2.40. The minimum absolute atomic E-state index is 0.0735. The minimum Gasteiger partial charge on any atom is -0.490 e. The maximum Gasteiger partial charge on any atom is 0.323 e. The number of rotatable bonds is 7. The Bertz CT molecular complexity index is 731. The molecule has 146 valence electrons. The average Bonchev–Trinajstić information content (AvgIpc) is 2.91. The van der Waals surface area contributed by atoms with Gasteiger partial charge in [-0.1, -0.05) is 24.3 Å². The molecule has 5 nitrogen and oxygen atoms in total. The van der Waals surface area contributed by atoms with Gasteiger partial charge >= 0.3 is 11.9 Å². The second-order valence-electron chi connectivity index (χ2n) is 7.49. The van der Waals surface area contributed by atoms with Crippen LogP contribution in [0, 0.1) is 17.3 Å². The largest absolute Gasteiger partial charge is 0.490 e. The van der Waals surface area contributed by atoms with Crippen molar-refractivity contribution in [2.45, 2.75) is 46.6 Å². The maximum absolute atomic E-state index is 12.7. The molecule has 2 aliphatic rings. The van der Waals surface area contributed by atoms with E-state index in [2.05, 4.69) is 6.08 Å². The fraction of sp³-hybridized carbons (Fsp3) is 0.545. The van der Waals surface area contributed by atoms with Crippen molar-refractivity contribution in [2.24, 2.45) is 17.3 Å². The van der Waals surface area contributed by atoms with Gasteiger partial charge in [-0.15, -0.1) is 0 Å².